The second kappa shape index (κ2) is 5.61. The van der Waals surface area contributed by atoms with Crippen LogP contribution in [0.4, 0.5) is 5.69 Å². The fourth-order valence-corrected chi connectivity index (χ4v) is 4.78. The van der Waals surface area contributed by atoms with E-state index in [1.54, 1.807) is 16.7 Å². The molecule has 0 aromatic heterocycles. The van der Waals surface area contributed by atoms with Crippen LogP contribution in [-0.2, 0) is 9.59 Å². The molecule has 0 aliphatic carbocycles. The lowest BCUT2D eigenvalue weighted by Crippen LogP contribution is -2.48. The van der Waals surface area contributed by atoms with Crippen molar-refractivity contribution in [3.05, 3.63) is 29.8 Å². The first-order chi connectivity index (χ1) is 10.4. The Labute approximate surface area is 135 Å². The predicted molar refractivity (Wildman–Crippen MR) is 89.9 cm³/mol. The minimum absolute atomic E-state index is 0.0698. The number of thioether (sulfide) groups is 1. The van der Waals surface area contributed by atoms with Gasteiger partial charge in [0.2, 0.25) is 11.8 Å². The summed E-state index contributed by atoms with van der Waals surface area (Å²) in [4.78, 5) is 26.4. The first-order valence-electron chi connectivity index (χ1n) is 7.78. The number of amides is 2. The van der Waals surface area contributed by atoms with Crippen molar-refractivity contribution in [2.75, 3.05) is 11.1 Å². The smallest absolute Gasteiger partial charge is 0.248 e. The second-order valence-electron chi connectivity index (χ2n) is 6.50. The first kappa shape index (κ1) is 15.4. The molecular weight excluding hydrogens is 296 g/mol. The molecule has 0 radical (unpaired) electrons. The molecule has 0 unspecified atom stereocenters. The Hall–Kier alpha value is -1.49. The monoisotopic (exact) mass is 318 g/mol. The third-order valence-electron chi connectivity index (χ3n) is 4.59. The number of nitrogens with one attached hydrogen (secondary N) is 1. The van der Waals surface area contributed by atoms with Gasteiger partial charge in [-0.05, 0) is 30.9 Å². The number of hydrogen-bond donors (Lipinski definition) is 1. The third-order valence-corrected chi connectivity index (χ3v) is 6.09. The molecule has 4 nitrogen and oxygen atoms in total. The van der Waals surface area contributed by atoms with Crippen LogP contribution in [0.25, 0.3) is 0 Å². The zero-order valence-electron chi connectivity index (χ0n) is 13.3. The van der Waals surface area contributed by atoms with Crippen molar-refractivity contribution in [3.63, 3.8) is 0 Å². The standard InChI is InChI=1S/C17H22N2O2S/c1-11(2)12-6-4-5-7-13(12)18-16(21)14-10-22-17(3)9-8-15(20)19(14)17/h4-7,11,14H,8-10H2,1-3H3,(H,18,21)/t14-,17+/m0/s1. The quantitative estimate of drug-likeness (QED) is 0.931. The summed E-state index contributed by atoms with van der Waals surface area (Å²) < 4.78 is 0. The Morgan fingerprint density at radius 1 is 1.41 bits per heavy atom. The molecule has 2 amide bonds. The number of nitrogens with zero attached hydrogens (tertiary/aromatic N) is 1. The number of para-hydroxylation sites is 1. The summed E-state index contributed by atoms with van der Waals surface area (Å²) in [6.45, 7) is 6.28. The van der Waals surface area contributed by atoms with E-state index < -0.39 is 0 Å². The van der Waals surface area contributed by atoms with Gasteiger partial charge in [-0.15, -0.1) is 11.8 Å². The molecule has 2 aliphatic rings. The van der Waals surface area contributed by atoms with Gasteiger partial charge in [-0.25, -0.2) is 0 Å². The molecule has 1 aromatic carbocycles. The average Bonchev–Trinajstić information content (AvgIpc) is 2.96. The summed E-state index contributed by atoms with van der Waals surface area (Å²) in [6.07, 6.45) is 1.39. The van der Waals surface area contributed by atoms with E-state index in [9.17, 15) is 9.59 Å². The first-order valence-corrected chi connectivity index (χ1v) is 8.77. The van der Waals surface area contributed by atoms with Crippen LogP contribution in [0.3, 0.4) is 0 Å². The maximum absolute atomic E-state index is 12.7. The van der Waals surface area contributed by atoms with Crippen LogP contribution in [0.1, 0.15) is 45.1 Å². The van der Waals surface area contributed by atoms with Crippen molar-refractivity contribution >= 4 is 29.3 Å². The number of benzene rings is 1. The van der Waals surface area contributed by atoms with Gasteiger partial charge in [0.25, 0.3) is 0 Å². The molecule has 2 saturated heterocycles. The van der Waals surface area contributed by atoms with E-state index in [4.69, 9.17) is 0 Å². The van der Waals surface area contributed by atoms with Crippen molar-refractivity contribution in [2.45, 2.75) is 50.4 Å². The Kier molecular flexibility index (Phi) is 3.93. The van der Waals surface area contributed by atoms with Gasteiger partial charge in [-0.2, -0.15) is 0 Å². The summed E-state index contributed by atoms with van der Waals surface area (Å²) in [5.41, 5.74) is 1.98. The Bertz CT molecular complexity index is 616. The molecule has 1 N–H and O–H groups in total. The fourth-order valence-electron chi connectivity index (χ4n) is 3.35. The Balaban J connectivity index is 1.80. The van der Waals surface area contributed by atoms with E-state index in [1.807, 2.05) is 24.3 Å². The van der Waals surface area contributed by atoms with Crippen LogP contribution in [0.15, 0.2) is 24.3 Å². The second-order valence-corrected chi connectivity index (χ2v) is 8.00. The summed E-state index contributed by atoms with van der Waals surface area (Å²) in [7, 11) is 0. The van der Waals surface area contributed by atoms with Gasteiger partial charge in [0.1, 0.15) is 6.04 Å². The Morgan fingerprint density at radius 2 is 2.14 bits per heavy atom. The zero-order valence-corrected chi connectivity index (χ0v) is 14.1. The highest BCUT2D eigenvalue weighted by molar-refractivity contribution is 8.01. The maximum atomic E-state index is 12.7. The summed E-state index contributed by atoms with van der Waals surface area (Å²) >= 11 is 1.72. The maximum Gasteiger partial charge on any atom is 0.248 e. The van der Waals surface area contributed by atoms with Crippen LogP contribution >= 0.6 is 11.8 Å². The number of carbonyl (C=O) groups excluding carboxylic acids is 2. The minimum Gasteiger partial charge on any atom is -0.324 e. The van der Waals surface area contributed by atoms with Crippen molar-refractivity contribution in [2.24, 2.45) is 0 Å². The molecule has 22 heavy (non-hydrogen) atoms. The predicted octanol–water partition coefficient (Wildman–Crippen LogP) is 3.20. The van der Waals surface area contributed by atoms with E-state index in [0.717, 1.165) is 17.7 Å². The molecule has 1 aromatic rings. The molecule has 2 atom stereocenters. The van der Waals surface area contributed by atoms with Crippen LogP contribution in [0.5, 0.6) is 0 Å². The summed E-state index contributed by atoms with van der Waals surface area (Å²) in [6, 6.07) is 7.52. The third kappa shape index (κ3) is 2.51. The molecular formula is C17H22N2O2S. The van der Waals surface area contributed by atoms with E-state index in [2.05, 4.69) is 26.1 Å². The lowest BCUT2D eigenvalue weighted by Gasteiger charge is -2.30. The normalized spacial score (nSPS) is 27.4. The molecule has 0 bridgehead atoms. The van der Waals surface area contributed by atoms with Crippen LogP contribution < -0.4 is 5.32 Å². The topological polar surface area (TPSA) is 49.4 Å². The van der Waals surface area contributed by atoms with Gasteiger partial charge in [0.05, 0.1) is 4.87 Å². The van der Waals surface area contributed by atoms with Gasteiger partial charge < -0.3 is 10.2 Å². The van der Waals surface area contributed by atoms with Gasteiger partial charge in [0, 0.05) is 17.9 Å². The van der Waals surface area contributed by atoms with Crippen molar-refractivity contribution < 1.29 is 9.59 Å². The Morgan fingerprint density at radius 3 is 2.86 bits per heavy atom. The van der Waals surface area contributed by atoms with Crippen molar-refractivity contribution in [1.29, 1.82) is 0 Å². The van der Waals surface area contributed by atoms with Crippen LogP contribution in [0.2, 0.25) is 0 Å². The van der Waals surface area contributed by atoms with E-state index in [-0.39, 0.29) is 22.7 Å². The minimum atomic E-state index is -0.356. The summed E-state index contributed by atoms with van der Waals surface area (Å²) in [5.74, 6) is 1.05. The SMILES string of the molecule is CC(C)c1ccccc1NC(=O)[C@@H]1CS[C@]2(C)CCC(=O)N12. The van der Waals surface area contributed by atoms with Gasteiger partial charge in [0.15, 0.2) is 0 Å². The lowest BCUT2D eigenvalue weighted by atomic mass is 10.0. The van der Waals surface area contributed by atoms with Crippen LogP contribution in [0, 0.1) is 0 Å². The molecule has 5 heteroatoms. The van der Waals surface area contributed by atoms with Crippen molar-refractivity contribution in [3.8, 4) is 0 Å². The highest BCUT2D eigenvalue weighted by atomic mass is 32.2. The summed E-state index contributed by atoms with van der Waals surface area (Å²) in [5, 5.41) is 3.04. The number of hydrogen-bond acceptors (Lipinski definition) is 3. The van der Waals surface area contributed by atoms with E-state index >= 15 is 0 Å². The number of rotatable bonds is 3. The molecule has 0 spiro atoms. The molecule has 2 fully saturated rings. The van der Waals surface area contributed by atoms with Crippen molar-refractivity contribution in [1.82, 2.24) is 4.90 Å². The van der Waals surface area contributed by atoms with Gasteiger partial charge in [-0.1, -0.05) is 32.0 Å². The number of carbonyl (C=O) groups is 2. The molecule has 0 saturated carbocycles. The average molecular weight is 318 g/mol. The molecule has 2 aliphatic heterocycles. The zero-order chi connectivity index (χ0) is 15.9. The highest BCUT2D eigenvalue weighted by Gasteiger charge is 2.52. The molecule has 3 rings (SSSR count). The van der Waals surface area contributed by atoms with E-state index in [1.165, 1.54) is 0 Å². The van der Waals surface area contributed by atoms with Gasteiger partial charge in [-0.3, -0.25) is 9.59 Å². The van der Waals surface area contributed by atoms with E-state index in [0.29, 0.717) is 18.1 Å². The van der Waals surface area contributed by atoms with Gasteiger partial charge >= 0.3 is 0 Å². The molecule has 118 valence electrons. The lowest BCUT2D eigenvalue weighted by molar-refractivity contribution is -0.135. The number of anilines is 1. The largest absolute Gasteiger partial charge is 0.324 e. The molecule has 2 heterocycles. The fraction of sp³-hybridized carbons (Fsp3) is 0.529. The van der Waals surface area contributed by atoms with Crippen LogP contribution in [-0.4, -0.2) is 33.4 Å². The number of fused-ring (bicyclic) bond motifs is 1. The highest BCUT2D eigenvalue weighted by Crippen LogP contribution is 2.47.